The quantitative estimate of drug-likeness (QED) is 0.242. The average Bonchev–Trinajstić information content (AvgIpc) is 2.94. The Hall–Kier alpha value is -1.02. The molecule has 6 atom stereocenters. The fraction of sp³-hybridized carbons (Fsp3) is 0.636. The summed E-state index contributed by atoms with van der Waals surface area (Å²) in [5.41, 5.74) is -5.08. The lowest BCUT2D eigenvalue weighted by atomic mass is 10.2. The zero-order valence-corrected chi connectivity index (χ0v) is 17.7. The molecule has 1 saturated heterocycles. The third-order valence-electron chi connectivity index (χ3n) is 3.85. The van der Waals surface area contributed by atoms with Crippen LogP contribution < -0.4 is 11.2 Å². The minimum absolute atomic E-state index is 0.149. The van der Waals surface area contributed by atoms with Gasteiger partial charge in [0, 0.05) is 18.2 Å². The number of nitrogens with one attached hydrogen (secondary N) is 1. The van der Waals surface area contributed by atoms with Gasteiger partial charge in [0.15, 0.2) is 0 Å². The first-order valence-electron chi connectivity index (χ1n) is 7.89. The van der Waals surface area contributed by atoms with Crippen LogP contribution in [0, 0.1) is 6.92 Å². The number of aromatic amines is 1. The number of aromatic nitrogens is 2. The number of phosphoric acid groups is 1. The summed E-state index contributed by atoms with van der Waals surface area (Å²) in [7, 11) is -17.2. The van der Waals surface area contributed by atoms with Crippen molar-refractivity contribution in [3.63, 3.8) is 0 Å². The Morgan fingerprint density at radius 1 is 1.27 bits per heavy atom. The number of aryl methyl sites for hydroxylation is 1. The Balaban J connectivity index is 2.09. The van der Waals surface area contributed by atoms with Crippen molar-refractivity contribution in [2.24, 2.45) is 0 Å². The van der Waals surface area contributed by atoms with Crippen molar-refractivity contribution >= 4 is 23.0 Å². The maximum absolute atomic E-state index is 13.9. The summed E-state index contributed by atoms with van der Waals surface area (Å²) >= 11 is 0. The Labute approximate surface area is 166 Å². The number of H-pyrrole nitrogens is 1. The fourth-order valence-corrected chi connectivity index (χ4v) is 6.52. The van der Waals surface area contributed by atoms with E-state index < -0.39 is 65.0 Å². The van der Waals surface area contributed by atoms with Gasteiger partial charge in [-0.3, -0.25) is 23.5 Å². The number of hydrogen-bond donors (Lipinski definition) is 6. The molecule has 0 amide bonds. The number of nitrogens with zero attached hydrogens (tertiary/aromatic N) is 1. The molecule has 1 aliphatic rings. The molecule has 0 aromatic carbocycles. The molecule has 1 fully saturated rings. The van der Waals surface area contributed by atoms with Gasteiger partial charge in [-0.15, -0.1) is 0 Å². The predicted molar refractivity (Wildman–Crippen MR) is 94.2 cm³/mol. The molecule has 0 aliphatic carbocycles. The Kier molecular flexibility index (Phi) is 7.44. The number of aliphatic hydroxyl groups excluding tert-OH is 1. The van der Waals surface area contributed by atoms with Gasteiger partial charge in [-0.2, -0.15) is 0 Å². The van der Waals surface area contributed by atoms with Crippen molar-refractivity contribution in [3.8, 4) is 0 Å². The van der Waals surface area contributed by atoms with Crippen LogP contribution in [0.4, 0.5) is 4.39 Å². The van der Waals surface area contributed by atoms with E-state index >= 15 is 0 Å². The summed E-state index contributed by atoms with van der Waals surface area (Å²) in [6.07, 6.45) is -2.99. The van der Waals surface area contributed by atoms with Crippen LogP contribution in [0.25, 0.3) is 0 Å². The first-order valence-corrected chi connectivity index (χ1v) is 12.7. The van der Waals surface area contributed by atoms with Crippen LogP contribution in [0.1, 0.15) is 18.2 Å². The molecule has 0 spiro atoms. The van der Waals surface area contributed by atoms with E-state index in [2.05, 4.69) is 8.83 Å². The van der Waals surface area contributed by atoms with E-state index in [9.17, 15) is 42.6 Å². The maximum Gasteiger partial charge on any atom is 0.476 e. The second-order valence-corrected chi connectivity index (χ2v) is 11.7. The second-order valence-electron chi connectivity index (χ2n) is 6.22. The molecule has 19 heteroatoms. The molecule has 6 N–H and O–H groups in total. The van der Waals surface area contributed by atoms with Crippen LogP contribution in [-0.2, 0) is 27.3 Å². The van der Waals surface area contributed by atoms with Crippen LogP contribution in [0.5, 0.6) is 0 Å². The third-order valence-corrected chi connectivity index (χ3v) is 8.98. The molecule has 1 aromatic rings. The number of hydrogen-bond acceptors (Lipinski definition) is 9. The van der Waals surface area contributed by atoms with E-state index in [1.807, 2.05) is 4.98 Å². The highest BCUT2D eigenvalue weighted by atomic mass is 31.3. The average molecular weight is 498 g/mol. The number of aliphatic hydroxyl groups is 1. The monoisotopic (exact) mass is 498 g/mol. The molecular formula is C11H18FN2O13P3. The zero-order chi connectivity index (χ0) is 23.1. The molecule has 30 heavy (non-hydrogen) atoms. The molecule has 0 saturated carbocycles. The van der Waals surface area contributed by atoms with Crippen molar-refractivity contribution in [2.75, 3.05) is 6.61 Å². The highest BCUT2D eigenvalue weighted by Crippen LogP contribution is 2.70. The summed E-state index contributed by atoms with van der Waals surface area (Å²) in [5, 5.41) is 9.99. The van der Waals surface area contributed by atoms with E-state index in [-0.39, 0.29) is 12.0 Å². The number of rotatable bonds is 8. The number of ether oxygens (including phenoxy) is 1. The fourth-order valence-electron chi connectivity index (χ4n) is 2.45. The second kappa shape index (κ2) is 8.85. The molecule has 2 rings (SSSR count). The minimum Gasteiger partial charge on any atom is -0.390 e. The summed E-state index contributed by atoms with van der Waals surface area (Å²) in [6.45, 7) is 0.399. The Bertz CT molecular complexity index is 1050. The molecule has 172 valence electrons. The first-order chi connectivity index (χ1) is 13.5. The maximum atomic E-state index is 13.9. The van der Waals surface area contributed by atoms with Gasteiger partial charge in [-0.05, 0) is 6.92 Å². The first kappa shape index (κ1) is 25.2. The van der Waals surface area contributed by atoms with Crippen LogP contribution >= 0.6 is 23.0 Å². The van der Waals surface area contributed by atoms with E-state index in [1.165, 1.54) is 6.92 Å². The van der Waals surface area contributed by atoms with Crippen molar-refractivity contribution in [2.45, 2.75) is 37.4 Å². The third kappa shape index (κ3) is 6.02. The molecule has 1 aliphatic heterocycles. The summed E-state index contributed by atoms with van der Waals surface area (Å²) in [5.74, 6) is 0. The highest BCUT2D eigenvalue weighted by molar-refractivity contribution is 7.74. The van der Waals surface area contributed by atoms with Gasteiger partial charge in [0.2, 0.25) is 0 Å². The predicted octanol–water partition coefficient (Wildman–Crippen LogP) is -0.757. The van der Waals surface area contributed by atoms with Gasteiger partial charge in [0.1, 0.15) is 12.3 Å². The van der Waals surface area contributed by atoms with Gasteiger partial charge in [-0.1, -0.05) is 0 Å². The van der Waals surface area contributed by atoms with Gasteiger partial charge in [0.25, 0.3) is 5.56 Å². The number of alkyl halides is 1. The van der Waals surface area contributed by atoms with E-state index in [1.54, 1.807) is 0 Å². The highest BCUT2D eigenvalue weighted by Gasteiger charge is 2.52. The Morgan fingerprint density at radius 2 is 1.87 bits per heavy atom. The SMILES string of the molecule is Cc1cn([C@H]2C[C@H](O)[C@@H](COP(=O)(O)C(F)P(=O)(O)OP(=O)(O)O)O2)c(=O)[nH]c1=O. The topological polar surface area (TPSA) is 235 Å². The van der Waals surface area contributed by atoms with E-state index in [0.717, 1.165) is 10.8 Å². The largest absolute Gasteiger partial charge is 0.476 e. The minimum atomic E-state index is -5.93. The van der Waals surface area contributed by atoms with Crippen molar-refractivity contribution < 1.29 is 56.3 Å². The number of halogens is 1. The molecule has 0 radical (unpaired) electrons. The van der Waals surface area contributed by atoms with Gasteiger partial charge >= 0.3 is 34.4 Å². The van der Waals surface area contributed by atoms with Crippen LogP contribution in [0.15, 0.2) is 15.8 Å². The standard InChI is InChI=1S/C11H18FN2O13P3/c1-5-3-14(11(17)13-9(5)16)8-2-6(15)7(26-8)4-25-28(18,19)10(12)29(20,21)27-30(22,23)24/h3,6-8,10,15H,2,4H2,1H3,(H,18,19)(H,20,21)(H,13,16,17)(H2,22,23,24)/t6-,7+,8+,10?/m0/s1. The lowest BCUT2D eigenvalue weighted by molar-refractivity contribution is -0.0430. The van der Waals surface area contributed by atoms with Crippen molar-refractivity contribution in [1.29, 1.82) is 0 Å². The summed E-state index contributed by atoms with van der Waals surface area (Å²) in [4.78, 5) is 60.9. The smallest absolute Gasteiger partial charge is 0.390 e. The lowest BCUT2D eigenvalue weighted by Gasteiger charge is -2.22. The van der Waals surface area contributed by atoms with E-state index in [4.69, 9.17) is 14.5 Å². The Morgan fingerprint density at radius 3 is 2.43 bits per heavy atom. The molecule has 15 nitrogen and oxygen atoms in total. The molecule has 3 unspecified atom stereocenters. The normalized spacial score (nSPS) is 27.4. The lowest BCUT2D eigenvalue weighted by Crippen LogP contribution is -2.33. The molecular weight excluding hydrogens is 480 g/mol. The zero-order valence-electron chi connectivity index (χ0n) is 15.0. The van der Waals surface area contributed by atoms with Gasteiger partial charge < -0.3 is 33.9 Å². The van der Waals surface area contributed by atoms with E-state index in [0.29, 0.717) is 0 Å². The summed E-state index contributed by atoms with van der Waals surface area (Å²) in [6, 6.07) is 0. The summed E-state index contributed by atoms with van der Waals surface area (Å²) < 4.78 is 61.8. The van der Waals surface area contributed by atoms with Gasteiger partial charge in [0.05, 0.1) is 12.7 Å². The molecule has 2 heterocycles. The molecule has 0 bridgehead atoms. The van der Waals surface area contributed by atoms with Crippen LogP contribution in [-0.4, -0.2) is 58.7 Å². The molecule has 1 aromatic heterocycles. The van der Waals surface area contributed by atoms with Crippen LogP contribution in [0.2, 0.25) is 0 Å². The van der Waals surface area contributed by atoms with Crippen molar-refractivity contribution in [1.82, 2.24) is 9.55 Å². The van der Waals surface area contributed by atoms with Crippen LogP contribution in [0.3, 0.4) is 0 Å². The van der Waals surface area contributed by atoms with Crippen molar-refractivity contribution in [3.05, 3.63) is 32.6 Å². The van der Waals surface area contributed by atoms with Gasteiger partial charge in [-0.25, -0.2) is 18.1 Å².